The van der Waals surface area contributed by atoms with Gasteiger partial charge in [0.05, 0.1) is 4.92 Å². The summed E-state index contributed by atoms with van der Waals surface area (Å²) >= 11 is 1.04. The first-order chi connectivity index (χ1) is 8.43. The van der Waals surface area contributed by atoms with E-state index < -0.39 is 4.92 Å². The van der Waals surface area contributed by atoms with Crippen LogP contribution in [0.25, 0.3) is 0 Å². The molecule has 0 bridgehead atoms. The smallest absolute Gasteiger partial charge is 0.309 e. The number of rotatable bonds is 6. The first-order valence-corrected chi connectivity index (χ1v) is 6.46. The van der Waals surface area contributed by atoms with Gasteiger partial charge in [-0.2, -0.15) is 0 Å². The standard InChI is InChI=1S/C11H17N3O3S/c1-9(15)13(7-4-6-12(2)3)10-5-8-18-11(10)14(16)17/h5,8H,4,6-7H2,1-3H3. The number of hydrogen-bond donors (Lipinski definition) is 0. The van der Waals surface area contributed by atoms with Gasteiger partial charge < -0.3 is 9.80 Å². The second-order valence-corrected chi connectivity index (χ2v) is 5.09. The van der Waals surface area contributed by atoms with Crippen molar-refractivity contribution < 1.29 is 9.72 Å². The van der Waals surface area contributed by atoms with E-state index in [0.29, 0.717) is 12.2 Å². The van der Waals surface area contributed by atoms with Gasteiger partial charge in [0.2, 0.25) is 5.91 Å². The molecule has 0 aromatic carbocycles. The molecule has 0 aliphatic carbocycles. The van der Waals surface area contributed by atoms with Crippen LogP contribution in [0, 0.1) is 10.1 Å². The van der Waals surface area contributed by atoms with Crippen LogP contribution < -0.4 is 4.90 Å². The summed E-state index contributed by atoms with van der Waals surface area (Å²) in [6, 6.07) is 1.62. The van der Waals surface area contributed by atoms with Crippen LogP contribution in [0.2, 0.25) is 0 Å². The van der Waals surface area contributed by atoms with Gasteiger partial charge in [0.1, 0.15) is 5.69 Å². The number of thiophene rings is 1. The van der Waals surface area contributed by atoms with Crippen LogP contribution in [0.3, 0.4) is 0 Å². The minimum Gasteiger partial charge on any atom is -0.309 e. The normalized spacial score (nSPS) is 10.7. The molecule has 6 nitrogen and oxygen atoms in total. The summed E-state index contributed by atoms with van der Waals surface area (Å²) in [5, 5.41) is 12.5. The first kappa shape index (κ1) is 14.6. The summed E-state index contributed by atoms with van der Waals surface area (Å²) < 4.78 is 0. The summed E-state index contributed by atoms with van der Waals surface area (Å²) in [5.41, 5.74) is 0.399. The van der Waals surface area contributed by atoms with Gasteiger partial charge in [-0.3, -0.25) is 14.9 Å². The van der Waals surface area contributed by atoms with Gasteiger partial charge in [0.15, 0.2) is 0 Å². The molecular weight excluding hydrogens is 254 g/mol. The molecule has 1 amide bonds. The van der Waals surface area contributed by atoms with Crippen LogP contribution >= 0.6 is 11.3 Å². The highest BCUT2D eigenvalue weighted by atomic mass is 32.1. The Morgan fingerprint density at radius 3 is 2.61 bits per heavy atom. The van der Waals surface area contributed by atoms with Crippen LogP contribution in [0.4, 0.5) is 10.7 Å². The quantitative estimate of drug-likeness (QED) is 0.586. The maximum Gasteiger partial charge on any atom is 0.347 e. The van der Waals surface area contributed by atoms with E-state index in [4.69, 9.17) is 0 Å². The van der Waals surface area contributed by atoms with Gasteiger partial charge in [0, 0.05) is 13.5 Å². The molecule has 0 unspecified atom stereocenters. The lowest BCUT2D eigenvalue weighted by Crippen LogP contribution is -2.31. The van der Waals surface area contributed by atoms with E-state index in [1.54, 1.807) is 11.4 Å². The molecule has 0 atom stereocenters. The lowest BCUT2D eigenvalue weighted by molar-refractivity contribution is -0.379. The van der Waals surface area contributed by atoms with Crippen molar-refractivity contribution in [3.05, 3.63) is 21.6 Å². The number of nitrogens with zero attached hydrogens (tertiary/aromatic N) is 3. The molecule has 1 rings (SSSR count). The molecule has 7 heteroatoms. The van der Waals surface area contributed by atoms with E-state index >= 15 is 0 Å². The molecule has 1 heterocycles. The number of nitro groups is 1. The summed E-state index contributed by atoms with van der Waals surface area (Å²) in [6.45, 7) is 2.75. The van der Waals surface area contributed by atoms with E-state index in [0.717, 1.165) is 24.3 Å². The third kappa shape index (κ3) is 3.78. The third-order valence-electron chi connectivity index (χ3n) is 2.45. The summed E-state index contributed by atoms with van der Waals surface area (Å²) in [4.78, 5) is 25.5. The lowest BCUT2D eigenvalue weighted by Gasteiger charge is -2.20. The zero-order chi connectivity index (χ0) is 13.7. The lowest BCUT2D eigenvalue weighted by atomic mass is 10.3. The van der Waals surface area contributed by atoms with E-state index in [-0.39, 0.29) is 10.9 Å². The Hall–Kier alpha value is -1.47. The van der Waals surface area contributed by atoms with Gasteiger partial charge in [-0.1, -0.05) is 11.3 Å². The molecule has 1 aromatic rings. The van der Waals surface area contributed by atoms with Crippen LogP contribution in [-0.4, -0.2) is 42.9 Å². The monoisotopic (exact) mass is 271 g/mol. The molecule has 100 valence electrons. The van der Waals surface area contributed by atoms with Gasteiger partial charge in [-0.25, -0.2) is 0 Å². The zero-order valence-electron chi connectivity index (χ0n) is 10.8. The molecule has 0 radical (unpaired) electrons. The summed E-state index contributed by atoms with van der Waals surface area (Å²) in [7, 11) is 3.90. The van der Waals surface area contributed by atoms with Gasteiger partial charge in [-0.15, -0.1) is 0 Å². The van der Waals surface area contributed by atoms with Crippen LogP contribution in [0.5, 0.6) is 0 Å². The van der Waals surface area contributed by atoms with E-state index in [1.165, 1.54) is 11.8 Å². The predicted molar refractivity (Wildman–Crippen MR) is 72.2 cm³/mol. The molecule has 0 aliphatic heterocycles. The Kier molecular flexibility index (Phi) is 5.24. The molecule has 0 fully saturated rings. The van der Waals surface area contributed by atoms with Crippen molar-refractivity contribution in [1.82, 2.24) is 4.90 Å². The van der Waals surface area contributed by atoms with Crippen LogP contribution in [0.15, 0.2) is 11.4 Å². The highest BCUT2D eigenvalue weighted by molar-refractivity contribution is 7.14. The fourth-order valence-corrected chi connectivity index (χ4v) is 2.34. The molecule has 0 N–H and O–H groups in total. The second-order valence-electron chi connectivity index (χ2n) is 4.20. The highest BCUT2D eigenvalue weighted by Gasteiger charge is 2.23. The summed E-state index contributed by atoms with van der Waals surface area (Å²) in [6.07, 6.45) is 0.777. The van der Waals surface area contributed by atoms with Crippen molar-refractivity contribution in [2.24, 2.45) is 0 Å². The number of amides is 1. The fraction of sp³-hybridized carbons (Fsp3) is 0.545. The number of carbonyl (C=O) groups excluding carboxylic acids is 1. The number of carbonyl (C=O) groups is 1. The largest absolute Gasteiger partial charge is 0.347 e. The van der Waals surface area contributed by atoms with Gasteiger partial charge in [-0.05, 0) is 38.5 Å². The Bertz CT molecular complexity index is 431. The third-order valence-corrected chi connectivity index (χ3v) is 3.30. The van der Waals surface area contributed by atoms with Crippen molar-refractivity contribution in [2.45, 2.75) is 13.3 Å². The maximum absolute atomic E-state index is 11.6. The van der Waals surface area contributed by atoms with E-state index in [2.05, 4.69) is 0 Å². The predicted octanol–water partition coefficient (Wildman–Crippen LogP) is 1.96. The second kappa shape index (κ2) is 6.46. The molecule has 0 saturated carbocycles. The van der Waals surface area contributed by atoms with Crippen LogP contribution in [0.1, 0.15) is 13.3 Å². The molecule has 18 heavy (non-hydrogen) atoms. The average Bonchev–Trinajstić information content (AvgIpc) is 2.72. The summed E-state index contributed by atoms with van der Waals surface area (Å²) in [5.74, 6) is -0.171. The Morgan fingerprint density at radius 1 is 1.44 bits per heavy atom. The Morgan fingerprint density at radius 2 is 2.11 bits per heavy atom. The molecule has 1 aromatic heterocycles. The Balaban J connectivity index is 2.81. The molecule has 0 saturated heterocycles. The average molecular weight is 271 g/mol. The fourth-order valence-electron chi connectivity index (χ4n) is 1.63. The zero-order valence-corrected chi connectivity index (χ0v) is 11.6. The SMILES string of the molecule is CC(=O)N(CCCN(C)C)c1ccsc1[N+](=O)[O-]. The Labute approximate surface area is 110 Å². The number of hydrogen-bond acceptors (Lipinski definition) is 5. The van der Waals surface area contributed by atoms with Crippen molar-refractivity contribution in [3.8, 4) is 0 Å². The van der Waals surface area contributed by atoms with Crippen molar-refractivity contribution in [2.75, 3.05) is 32.1 Å². The topological polar surface area (TPSA) is 66.7 Å². The molecular formula is C11H17N3O3S. The molecule has 0 spiro atoms. The highest BCUT2D eigenvalue weighted by Crippen LogP contribution is 2.34. The van der Waals surface area contributed by atoms with Crippen molar-refractivity contribution in [1.29, 1.82) is 0 Å². The van der Waals surface area contributed by atoms with E-state index in [1.807, 2.05) is 19.0 Å². The van der Waals surface area contributed by atoms with Gasteiger partial charge >= 0.3 is 5.00 Å². The van der Waals surface area contributed by atoms with Crippen molar-refractivity contribution >= 4 is 27.9 Å². The van der Waals surface area contributed by atoms with Gasteiger partial charge in [0.25, 0.3) is 0 Å². The molecule has 0 aliphatic rings. The van der Waals surface area contributed by atoms with Crippen LogP contribution in [-0.2, 0) is 4.79 Å². The first-order valence-electron chi connectivity index (χ1n) is 5.58. The van der Waals surface area contributed by atoms with Crippen molar-refractivity contribution in [3.63, 3.8) is 0 Å². The maximum atomic E-state index is 11.6. The minimum atomic E-state index is -0.443. The minimum absolute atomic E-state index is 0.0232. The number of anilines is 1. The van der Waals surface area contributed by atoms with E-state index in [9.17, 15) is 14.9 Å².